The fraction of sp³-hybridized carbons (Fsp3) is 0.379. The highest BCUT2D eigenvalue weighted by Crippen LogP contribution is 2.38. The Hall–Kier alpha value is -3.72. The summed E-state index contributed by atoms with van der Waals surface area (Å²) < 4.78 is 22.9. The number of thiophene rings is 1. The number of anilines is 1. The molecule has 0 radical (unpaired) electrons. The van der Waals surface area contributed by atoms with Gasteiger partial charge in [-0.1, -0.05) is 37.5 Å². The highest BCUT2D eigenvalue weighted by molar-refractivity contribution is 7.10. The molecule has 0 bridgehead atoms. The summed E-state index contributed by atoms with van der Waals surface area (Å²) in [6.07, 6.45) is 4.27. The van der Waals surface area contributed by atoms with E-state index in [0.29, 0.717) is 28.7 Å². The minimum atomic E-state index is -0.942. The Morgan fingerprint density at radius 1 is 0.974 bits per heavy atom. The fourth-order valence-electron chi connectivity index (χ4n) is 5.02. The van der Waals surface area contributed by atoms with Crippen LogP contribution in [0, 0.1) is 0 Å². The zero-order valence-corrected chi connectivity index (χ0v) is 22.4. The molecule has 0 unspecified atom stereocenters. The van der Waals surface area contributed by atoms with E-state index in [0.717, 1.165) is 30.6 Å². The van der Waals surface area contributed by atoms with Gasteiger partial charge in [0.2, 0.25) is 12.0 Å². The molecule has 2 amide bonds. The standard InChI is InChI=1S/C29H32N2O6S/c1-34-21-15-14-20(17-24(21)35-2)31(29(33)25-18-36-22-11-6-7-12-23(22)37-25)27(26-13-8-16-38-26)28(32)30-19-9-4-3-5-10-19/h6-8,11-17,19,25,27H,3-5,9-10,18H2,1-2H3,(H,30,32)/t25-,27-/m1/s1. The van der Waals surface area contributed by atoms with Gasteiger partial charge in [0.15, 0.2) is 23.0 Å². The zero-order valence-electron chi connectivity index (χ0n) is 21.6. The van der Waals surface area contributed by atoms with Gasteiger partial charge in [-0.05, 0) is 48.6 Å². The maximum absolute atomic E-state index is 14.3. The van der Waals surface area contributed by atoms with Crippen LogP contribution < -0.4 is 29.2 Å². The molecule has 2 aliphatic rings. The number of rotatable bonds is 8. The summed E-state index contributed by atoms with van der Waals surface area (Å²) in [5, 5.41) is 5.13. The van der Waals surface area contributed by atoms with E-state index >= 15 is 0 Å². The molecule has 200 valence electrons. The molecule has 1 aliphatic heterocycles. The van der Waals surface area contributed by atoms with Crippen LogP contribution in [-0.4, -0.2) is 44.8 Å². The Kier molecular flexibility index (Phi) is 8.03. The van der Waals surface area contributed by atoms with Crippen LogP contribution in [0.5, 0.6) is 23.0 Å². The van der Waals surface area contributed by atoms with Gasteiger partial charge < -0.3 is 24.3 Å². The molecule has 0 saturated heterocycles. The summed E-state index contributed by atoms with van der Waals surface area (Å²) in [5.41, 5.74) is 0.493. The van der Waals surface area contributed by atoms with Crippen molar-refractivity contribution in [3.8, 4) is 23.0 Å². The van der Waals surface area contributed by atoms with Crippen LogP contribution in [0.3, 0.4) is 0 Å². The van der Waals surface area contributed by atoms with Crippen molar-refractivity contribution in [1.82, 2.24) is 5.32 Å². The second kappa shape index (κ2) is 11.8. The van der Waals surface area contributed by atoms with Crippen LogP contribution in [0.4, 0.5) is 5.69 Å². The average molecular weight is 537 g/mol. The van der Waals surface area contributed by atoms with Crippen molar-refractivity contribution < 1.29 is 28.5 Å². The predicted molar refractivity (Wildman–Crippen MR) is 145 cm³/mol. The normalized spacial score (nSPS) is 17.8. The third-order valence-electron chi connectivity index (χ3n) is 6.94. The van der Waals surface area contributed by atoms with Crippen molar-refractivity contribution in [2.45, 2.75) is 50.3 Å². The van der Waals surface area contributed by atoms with Crippen LogP contribution in [0.1, 0.15) is 43.0 Å². The Bertz CT molecular complexity index is 1260. The number of carbonyl (C=O) groups is 2. The van der Waals surface area contributed by atoms with Gasteiger partial charge in [-0.2, -0.15) is 0 Å². The zero-order chi connectivity index (χ0) is 26.5. The average Bonchev–Trinajstić information content (AvgIpc) is 3.49. The first-order valence-electron chi connectivity index (χ1n) is 12.9. The topological polar surface area (TPSA) is 86.3 Å². The third-order valence-corrected chi connectivity index (χ3v) is 7.86. The molecule has 2 aromatic carbocycles. The van der Waals surface area contributed by atoms with Gasteiger partial charge in [-0.15, -0.1) is 11.3 Å². The highest BCUT2D eigenvalue weighted by Gasteiger charge is 2.40. The van der Waals surface area contributed by atoms with Gasteiger partial charge >= 0.3 is 0 Å². The van der Waals surface area contributed by atoms with Crippen molar-refractivity contribution in [2.24, 2.45) is 0 Å². The van der Waals surface area contributed by atoms with Gasteiger partial charge in [-0.25, -0.2) is 0 Å². The number of nitrogens with zero attached hydrogens (tertiary/aromatic N) is 1. The molecule has 3 aromatic rings. The number of ether oxygens (including phenoxy) is 4. The van der Waals surface area contributed by atoms with Crippen LogP contribution in [0.25, 0.3) is 0 Å². The van der Waals surface area contributed by atoms with E-state index in [1.807, 2.05) is 29.6 Å². The minimum Gasteiger partial charge on any atom is -0.493 e. The van der Waals surface area contributed by atoms with Gasteiger partial charge in [-0.3, -0.25) is 14.5 Å². The van der Waals surface area contributed by atoms with Crippen molar-refractivity contribution in [1.29, 1.82) is 0 Å². The van der Waals surface area contributed by atoms with E-state index in [1.54, 1.807) is 37.4 Å². The first kappa shape index (κ1) is 25.9. The van der Waals surface area contributed by atoms with E-state index in [4.69, 9.17) is 18.9 Å². The van der Waals surface area contributed by atoms with Gasteiger partial charge in [0.05, 0.1) is 14.2 Å². The molecule has 1 saturated carbocycles. The van der Waals surface area contributed by atoms with E-state index in [2.05, 4.69) is 5.32 Å². The van der Waals surface area contributed by atoms with Crippen molar-refractivity contribution in [3.63, 3.8) is 0 Å². The molecule has 1 fully saturated rings. The highest BCUT2D eigenvalue weighted by atomic mass is 32.1. The molecule has 2 heterocycles. The molecule has 5 rings (SSSR count). The number of para-hydroxylation sites is 2. The summed E-state index contributed by atoms with van der Waals surface area (Å²) in [7, 11) is 3.09. The molecule has 1 aromatic heterocycles. The third kappa shape index (κ3) is 5.43. The molecule has 8 nitrogen and oxygen atoms in total. The van der Waals surface area contributed by atoms with Crippen LogP contribution >= 0.6 is 11.3 Å². The predicted octanol–water partition coefficient (Wildman–Crippen LogP) is 5.13. The summed E-state index contributed by atoms with van der Waals surface area (Å²) in [4.78, 5) is 30.5. The molecule has 1 N–H and O–H groups in total. The number of amides is 2. The second-order valence-electron chi connectivity index (χ2n) is 9.37. The van der Waals surface area contributed by atoms with E-state index in [-0.39, 0.29) is 24.5 Å². The molecule has 38 heavy (non-hydrogen) atoms. The van der Waals surface area contributed by atoms with Gasteiger partial charge in [0.25, 0.3) is 5.91 Å². The van der Waals surface area contributed by atoms with Crippen molar-refractivity contribution >= 4 is 28.8 Å². The maximum Gasteiger partial charge on any atom is 0.272 e. The summed E-state index contributed by atoms with van der Waals surface area (Å²) in [6, 6.07) is 15.4. The minimum absolute atomic E-state index is 0.0288. The van der Waals surface area contributed by atoms with Crippen LogP contribution in [0.2, 0.25) is 0 Å². The van der Waals surface area contributed by atoms with Crippen molar-refractivity contribution in [3.05, 3.63) is 64.9 Å². The lowest BCUT2D eigenvalue weighted by Crippen LogP contribution is -2.52. The maximum atomic E-state index is 14.3. The van der Waals surface area contributed by atoms with E-state index < -0.39 is 12.1 Å². The Morgan fingerprint density at radius 2 is 1.74 bits per heavy atom. The molecule has 0 spiro atoms. The lowest BCUT2D eigenvalue weighted by atomic mass is 9.95. The number of hydrogen-bond acceptors (Lipinski definition) is 7. The second-order valence-corrected chi connectivity index (χ2v) is 10.4. The molecule has 9 heteroatoms. The molecular formula is C29H32N2O6S. The lowest BCUT2D eigenvalue weighted by molar-refractivity contribution is -0.132. The quantitative estimate of drug-likeness (QED) is 0.430. The van der Waals surface area contributed by atoms with Crippen LogP contribution in [-0.2, 0) is 9.59 Å². The largest absolute Gasteiger partial charge is 0.493 e. The monoisotopic (exact) mass is 536 g/mol. The molecular weight excluding hydrogens is 504 g/mol. The molecule has 2 atom stereocenters. The smallest absolute Gasteiger partial charge is 0.272 e. The fourth-order valence-corrected chi connectivity index (χ4v) is 5.84. The van der Waals surface area contributed by atoms with Gasteiger partial charge in [0, 0.05) is 22.7 Å². The SMILES string of the molecule is COc1ccc(N(C(=O)[C@H]2COc3ccccc3O2)[C@@H](C(=O)NC2CCCCC2)c2cccs2)cc1OC. The number of fused-ring (bicyclic) bond motifs is 1. The molecule has 1 aliphatic carbocycles. The van der Waals surface area contributed by atoms with Gasteiger partial charge in [0.1, 0.15) is 12.6 Å². The lowest BCUT2D eigenvalue weighted by Gasteiger charge is -2.36. The first-order valence-corrected chi connectivity index (χ1v) is 13.7. The number of benzene rings is 2. The Labute approximate surface area is 226 Å². The number of hydrogen-bond donors (Lipinski definition) is 1. The summed E-state index contributed by atoms with van der Waals surface area (Å²) >= 11 is 1.43. The van der Waals surface area contributed by atoms with Crippen LogP contribution in [0.15, 0.2) is 60.0 Å². The first-order chi connectivity index (χ1) is 18.6. The van der Waals surface area contributed by atoms with Crippen molar-refractivity contribution in [2.75, 3.05) is 25.7 Å². The van der Waals surface area contributed by atoms with E-state index in [9.17, 15) is 9.59 Å². The summed E-state index contributed by atoms with van der Waals surface area (Å²) in [6.45, 7) is 0.0288. The van der Waals surface area contributed by atoms with E-state index in [1.165, 1.54) is 29.8 Å². The summed E-state index contributed by atoms with van der Waals surface area (Å²) in [5.74, 6) is 1.44. The Morgan fingerprint density at radius 3 is 2.45 bits per heavy atom. The number of methoxy groups -OCH3 is 2. The number of carbonyl (C=O) groups excluding carboxylic acids is 2. The number of nitrogens with one attached hydrogen (secondary N) is 1. The Balaban J connectivity index is 1.55.